The van der Waals surface area contributed by atoms with Crippen LogP contribution in [0.25, 0.3) is 11.3 Å². The summed E-state index contributed by atoms with van der Waals surface area (Å²) in [6, 6.07) is 13.9. The fourth-order valence-electron chi connectivity index (χ4n) is 2.16. The Morgan fingerprint density at radius 2 is 1.79 bits per heavy atom. The van der Waals surface area contributed by atoms with Crippen molar-refractivity contribution in [1.82, 2.24) is 4.98 Å². The van der Waals surface area contributed by atoms with Crippen LogP contribution in [0.2, 0.25) is 10.0 Å². The molecule has 0 aliphatic carbocycles. The Labute approximate surface area is 154 Å². The zero-order valence-electron chi connectivity index (χ0n) is 12.5. The summed E-state index contributed by atoms with van der Waals surface area (Å²) in [5.41, 5.74) is 1.67. The summed E-state index contributed by atoms with van der Waals surface area (Å²) in [6.07, 6.45) is 0. The quantitative estimate of drug-likeness (QED) is 0.654. The highest BCUT2D eigenvalue weighted by molar-refractivity contribution is 7.93. The molecule has 0 fully saturated rings. The smallest absolute Gasteiger partial charge is 0.255 e. The molecular formula is C16H12Cl2N2O2S2. The van der Waals surface area contributed by atoms with Gasteiger partial charge in [-0.15, -0.1) is 11.3 Å². The first-order valence-electron chi connectivity index (χ1n) is 6.87. The monoisotopic (exact) mass is 398 g/mol. The molecule has 0 atom stereocenters. The minimum absolute atomic E-state index is 0.0780. The van der Waals surface area contributed by atoms with E-state index in [1.165, 1.54) is 29.5 Å². The van der Waals surface area contributed by atoms with E-state index in [9.17, 15) is 8.42 Å². The zero-order chi connectivity index (χ0) is 17.3. The zero-order valence-corrected chi connectivity index (χ0v) is 15.6. The molecule has 0 aliphatic rings. The number of nitrogens with one attached hydrogen (secondary N) is 1. The van der Waals surface area contributed by atoms with Gasteiger partial charge in [0.25, 0.3) is 10.0 Å². The maximum absolute atomic E-state index is 12.5. The van der Waals surface area contributed by atoms with Crippen molar-refractivity contribution in [2.24, 2.45) is 0 Å². The molecule has 4 nitrogen and oxygen atoms in total. The maximum atomic E-state index is 12.5. The molecule has 3 aromatic rings. The molecule has 0 amide bonds. The summed E-state index contributed by atoms with van der Waals surface area (Å²) >= 11 is 13.1. The van der Waals surface area contributed by atoms with E-state index in [-0.39, 0.29) is 15.0 Å². The van der Waals surface area contributed by atoms with Crippen LogP contribution in [0.1, 0.15) is 4.88 Å². The highest BCUT2D eigenvalue weighted by atomic mass is 35.5. The van der Waals surface area contributed by atoms with Gasteiger partial charge in [-0.05, 0) is 25.1 Å². The average Bonchev–Trinajstić information content (AvgIpc) is 2.90. The lowest BCUT2D eigenvalue weighted by atomic mass is 10.1. The highest BCUT2D eigenvalue weighted by Crippen LogP contribution is 2.32. The lowest BCUT2D eigenvalue weighted by Gasteiger charge is -2.07. The van der Waals surface area contributed by atoms with Gasteiger partial charge in [0, 0.05) is 15.5 Å². The second-order valence-electron chi connectivity index (χ2n) is 4.97. The molecule has 2 aromatic carbocycles. The number of anilines is 1. The SMILES string of the molecule is Cc1sc(NS(=O)(=O)c2cc(Cl)ccc2Cl)nc1-c1ccccc1. The largest absolute Gasteiger partial charge is 0.265 e. The number of halogens is 2. The number of hydrogen-bond donors (Lipinski definition) is 1. The number of thiazole rings is 1. The third-order valence-corrected chi connectivity index (χ3v) is 6.32. The maximum Gasteiger partial charge on any atom is 0.265 e. The van der Waals surface area contributed by atoms with Crippen LogP contribution < -0.4 is 4.72 Å². The van der Waals surface area contributed by atoms with E-state index < -0.39 is 10.0 Å². The van der Waals surface area contributed by atoms with Crippen molar-refractivity contribution in [1.29, 1.82) is 0 Å². The van der Waals surface area contributed by atoms with Crippen molar-refractivity contribution in [2.45, 2.75) is 11.8 Å². The third-order valence-electron chi connectivity index (χ3n) is 3.25. The van der Waals surface area contributed by atoms with Crippen LogP contribution in [0, 0.1) is 6.92 Å². The van der Waals surface area contributed by atoms with Gasteiger partial charge in [-0.2, -0.15) is 0 Å². The molecule has 0 spiro atoms. The highest BCUT2D eigenvalue weighted by Gasteiger charge is 2.21. The fourth-order valence-corrected chi connectivity index (χ4v) is 4.99. The fraction of sp³-hybridized carbons (Fsp3) is 0.0625. The van der Waals surface area contributed by atoms with Gasteiger partial charge >= 0.3 is 0 Å². The first kappa shape index (κ1) is 17.2. The molecular weight excluding hydrogens is 387 g/mol. The molecule has 0 radical (unpaired) electrons. The summed E-state index contributed by atoms with van der Waals surface area (Å²) in [4.78, 5) is 5.23. The van der Waals surface area contributed by atoms with Gasteiger partial charge in [-0.3, -0.25) is 4.72 Å². The first-order valence-corrected chi connectivity index (χ1v) is 9.93. The third kappa shape index (κ3) is 3.57. The van der Waals surface area contributed by atoms with E-state index in [1.807, 2.05) is 37.3 Å². The molecule has 0 saturated heterocycles. The molecule has 1 heterocycles. The topological polar surface area (TPSA) is 59.1 Å². The Morgan fingerprint density at radius 3 is 2.50 bits per heavy atom. The predicted octanol–water partition coefficient (Wildman–Crippen LogP) is 5.23. The van der Waals surface area contributed by atoms with Crippen molar-refractivity contribution in [2.75, 3.05) is 4.72 Å². The standard InChI is InChI=1S/C16H12Cl2N2O2S2/c1-10-15(11-5-3-2-4-6-11)19-16(23-10)20-24(21,22)14-9-12(17)7-8-13(14)18/h2-9H,1H3,(H,19,20). The second kappa shape index (κ2) is 6.72. The van der Waals surface area contributed by atoms with Gasteiger partial charge in [-0.1, -0.05) is 53.5 Å². The Morgan fingerprint density at radius 1 is 1.08 bits per heavy atom. The Hall–Kier alpha value is -1.60. The van der Waals surface area contributed by atoms with E-state index in [0.717, 1.165) is 16.1 Å². The van der Waals surface area contributed by atoms with Crippen LogP contribution in [0.3, 0.4) is 0 Å². The molecule has 8 heteroatoms. The van der Waals surface area contributed by atoms with Crippen molar-refractivity contribution >= 4 is 49.7 Å². The van der Waals surface area contributed by atoms with Crippen LogP contribution in [-0.4, -0.2) is 13.4 Å². The first-order chi connectivity index (χ1) is 11.4. The van der Waals surface area contributed by atoms with Crippen molar-refractivity contribution < 1.29 is 8.42 Å². The van der Waals surface area contributed by atoms with E-state index in [2.05, 4.69) is 9.71 Å². The van der Waals surface area contributed by atoms with Crippen LogP contribution in [-0.2, 0) is 10.0 Å². The van der Waals surface area contributed by atoms with E-state index in [0.29, 0.717) is 5.02 Å². The Bertz CT molecular complexity index is 987. The molecule has 1 aromatic heterocycles. The molecule has 0 bridgehead atoms. The summed E-state index contributed by atoms with van der Waals surface area (Å²) in [5.74, 6) is 0. The summed E-state index contributed by atoms with van der Waals surface area (Å²) in [6.45, 7) is 1.89. The normalized spacial score (nSPS) is 11.5. The molecule has 0 saturated carbocycles. The van der Waals surface area contributed by atoms with Crippen LogP contribution in [0.4, 0.5) is 5.13 Å². The predicted molar refractivity (Wildman–Crippen MR) is 99.6 cm³/mol. The van der Waals surface area contributed by atoms with E-state index >= 15 is 0 Å². The van der Waals surface area contributed by atoms with E-state index in [4.69, 9.17) is 23.2 Å². The lowest BCUT2D eigenvalue weighted by Crippen LogP contribution is -2.13. The summed E-state index contributed by atoms with van der Waals surface area (Å²) < 4.78 is 27.6. The van der Waals surface area contributed by atoms with Gasteiger partial charge < -0.3 is 0 Å². The van der Waals surface area contributed by atoms with Crippen LogP contribution in [0.5, 0.6) is 0 Å². The lowest BCUT2D eigenvalue weighted by molar-refractivity contribution is 0.601. The number of aryl methyl sites for hydroxylation is 1. The minimum Gasteiger partial charge on any atom is -0.255 e. The number of sulfonamides is 1. The van der Waals surface area contributed by atoms with Crippen LogP contribution >= 0.6 is 34.5 Å². The van der Waals surface area contributed by atoms with Gasteiger partial charge in [0.15, 0.2) is 5.13 Å². The van der Waals surface area contributed by atoms with Gasteiger partial charge in [0.05, 0.1) is 10.7 Å². The second-order valence-corrected chi connectivity index (χ2v) is 8.67. The molecule has 0 unspecified atom stereocenters. The molecule has 3 rings (SSSR count). The number of aromatic nitrogens is 1. The van der Waals surface area contributed by atoms with Crippen molar-refractivity contribution in [3.63, 3.8) is 0 Å². The van der Waals surface area contributed by atoms with Crippen LogP contribution in [0.15, 0.2) is 53.4 Å². The van der Waals surface area contributed by atoms with Gasteiger partial charge in [0.2, 0.25) is 0 Å². The number of rotatable bonds is 4. The van der Waals surface area contributed by atoms with Crippen molar-refractivity contribution in [3.8, 4) is 11.3 Å². The molecule has 124 valence electrons. The number of benzene rings is 2. The molecule has 0 aliphatic heterocycles. The van der Waals surface area contributed by atoms with Crippen molar-refractivity contribution in [3.05, 3.63) is 63.5 Å². The van der Waals surface area contributed by atoms with Gasteiger partial charge in [-0.25, -0.2) is 13.4 Å². The number of nitrogens with zero attached hydrogens (tertiary/aromatic N) is 1. The summed E-state index contributed by atoms with van der Waals surface area (Å²) in [5, 5.41) is 0.672. The Balaban J connectivity index is 1.95. The summed E-state index contributed by atoms with van der Waals surface area (Å²) in [7, 11) is -3.87. The van der Waals surface area contributed by atoms with Gasteiger partial charge in [0.1, 0.15) is 4.90 Å². The molecule has 1 N–H and O–H groups in total. The average molecular weight is 399 g/mol. The molecule has 24 heavy (non-hydrogen) atoms. The van der Waals surface area contributed by atoms with E-state index in [1.54, 1.807) is 0 Å². The number of hydrogen-bond acceptors (Lipinski definition) is 4. The Kier molecular flexibility index (Phi) is 4.83. The minimum atomic E-state index is -3.87.